The van der Waals surface area contributed by atoms with Gasteiger partial charge in [-0.05, 0) is 30.2 Å². The van der Waals surface area contributed by atoms with Crippen LogP contribution >= 0.6 is 11.6 Å². The van der Waals surface area contributed by atoms with E-state index >= 15 is 0 Å². The van der Waals surface area contributed by atoms with E-state index in [-0.39, 0.29) is 29.3 Å². The van der Waals surface area contributed by atoms with Crippen LogP contribution in [-0.4, -0.2) is 11.6 Å². The molecule has 1 saturated carbocycles. The summed E-state index contributed by atoms with van der Waals surface area (Å²) in [6, 6.07) is 17.4. The molecule has 2 aromatic carbocycles. The molecule has 3 atom stereocenters. The SMILES string of the molecule is CC(=O)C1C(c2ccccc2)CC(=O)CC1c1ccc(Cl)cc1. The van der Waals surface area contributed by atoms with Crippen LogP contribution in [0.15, 0.2) is 54.6 Å². The third-order valence-corrected chi connectivity index (χ3v) is 5.01. The van der Waals surface area contributed by atoms with E-state index in [1.165, 1.54) is 0 Å². The molecule has 118 valence electrons. The maximum absolute atomic E-state index is 12.4. The fourth-order valence-electron chi connectivity index (χ4n) is 3.74. The Morgan fingerprint density at radius 1 is 0.913 bits per heavy atom. The van der Waals surface area contributed by atoms with Crippen molar-refractivity contribution in [1.82, 2.24) is 0 Å². The maximum atomic E-state index is 12.4. The van der Waals surface area contributed by atoms with Gasteiger partial charge in [-0.2, -0.15) is 0 Å². The number of Topliss-reactive ketones (excluding diaryl/α,β-unsaturated/α-hetero) is 2. The van der Waals surface area contributed by atoms with Crippen LogP contribution in [0.4, 0.5) is 0 Å². The minimum atomic E-state index is -0.170. The molecular weight excluding hydrogens is 308 g/mol. The van der Waals surface area contributed by atoms with E-state index < -0.39 is 0 Å². The van der Waals surface area contributed by atoms with Gasteiger partial charge < -0.3 is 0 Å². The number of benzene rings is 2. The Labute approximate surface area is 141 Å². The molecular formula is C20H19ClO2. The molecule has 0 aliphatic heterocycles. The molecule has 3 unspecified atom stereocenters. The lowest BCUT2D eigenvalue weighted by molar-refractivity contribution is -0.127. The number of carbonyl (C=O) groups is 2. The van der Waals surface area contributed by atoms with Crippen molar-refractivity contribution in [3.63, 3.8) is 0 Å². The van der Waals surface area contributed by atoms with Gasteiger partial charge in [0.2, 0.25) is 0 Å². The number of hydrogen-bond donors (Lipinski definition) is 0. The lowest BCUT2D eigenvalue weighted by atomic mass is 9.65. The molecule has 3 rings (SSSR count). The van der Waals surface area contributed by atoms with Crippen LogP contribution in [-0.2, 0) is 9.59 Å². The van der Waals surface area contributed by atoms with E-state index in [4.69, 9.17) is 11.6 Å². The lowest BCUT2D eigenvalue weighted by Crippen LogP contribution is -2.34. The van der Waals surface area contributed by atoms with Crippen LogP contribution in [0.25, 0.3) is 0 Å². The first kappa shape index (κ1) is 15.9. The third-order valence-electron chi connectivity index (χ3n) is 4.76. The average molecular weight is 327 g/mol. The van der Waals surface area contributed by atoms with Crippen molar-refractivity contribution in [3.8, 4) is 0 Å². The topological polar surface area (TPSA) is 34.1 Å². The van der Waals surface area contributed by atoms with E-state index in [0.29, 0.717) is 17.9 Å². The van der Waals surface area contributed by atoms with Gasteiger partial charge in [-0.15, -0.1) is 0 Å². The summed E-state index contributed by atoms with van der Waals surface area (Å²) in [4.78, 5) is 24.7. The van der Waals surface area contributed by atoms with Crippen molar-refractivity contribution in [1.29, 1.82) is 0 Å². The standard InChI is InChI=1S/C20H19ClO2/c1-13(22)20-18(14-5-3-2-4-6-14)11-17(23)12-19(20)15-7-9-16(21)10-8-15/h2-10,18-20H,11-12H2,1H3. The number of carbonyl (C=O) groups excluding carboxylic acids is 2. The van der Waals surface area contributed by atoms with Crippen LogP contribution < -0.4 is 0 Å². The number of rotatable bonds is 3. The van der Waals surface area contributed by atoms with Gasteiger partial charge in [0.15, 0.2) is 0 Å². The number of hydrogen-bond acceptors (Lipinski definition) is 2. The second kappa shape index (κ2) is 6.67. The zero-order valence-electron chi connectivity index (χ0n) is 13.0. The van der Waals surface area contributed by atoms with Crippen LogP contribution in [0.5, 0.6) is 0 Å². The Hall–Kier alpha value is -1.93. The zero-order chi connectivity index (χ0) is 16.4. The van der Waals surface area contributed by atoms with Gasteiger partial charge in [0.05, 0.1) is 0 Å². The Bertz CT molecular complexity index is 706. The van der Waals surface area contributed by atoms with Gasteiger partial charge in [0.1, 0.15) is 11.6 Å². The first-order valence-corrected chi connectivity index (χ1v) is 8.26. The summed E-state index contributed by atoms with van der Waals surface area (Å²) < 4.78 is 0. The third kappa shape index (κ3) is 3.37. The highest BCUT2D eigenvalue weighted by Crippen LogP contribution is 2.45. The monoisotopic (exact) mass is 326 g/mol. The fraction of sp³-hybridized carbons (Fsp3) is 0.300. The smallest absolute Gasteiger partial charge is 0.134 e. The van der Waals surface area contributed by atoms with Crippen molar-refractivity contribution in [2.75, 3.05) is 0 Å². The molecule has 0 N–H and O–H groups in total. The van der Waals surface area contributed by atoms with Gasteiger partial charge in [0, 0.05) is 35.6 Å². The zero-order valence-corrected chi connectivity index (χ0v) is 13.8. The molecule has 0 saturated heterocycles. The Balaban J connectivity index is 2.02. The largest absolute Gasteiger partial charge is 0.300 e. The molecule has 2 nitrogen and oxygen atoms in total. The molecule has 0 radical (unpaired) electrons. The van der Waals surface area contributed by atoms with E-state index in [2.05, 4.69) is 0 Å². The summed E-state index contributed by atoms with van der Waals surface area (Å²) in [5.74, 6) is 0.0748. The summed E-state index contributed by atoms with van der Waals surface area (Å²) >= 11 is 5.97. The minimum absolute atomic E-state index is 0.0457. The van der Waals surface area contributed by atoms with Crippen molar-refractivity contribution in [2.45, 2.75) is 31.6 Å². The first-order chi connectivity index (χ1) is 11.1. The van der Waals surface area contributed by atoms with Crippen LogP contribution in [0.3, 0.4) is 0 Å². The molecule has 1 fully saturated rings. The summed E-state index contributed by atoms with van der Waals surface area (Å²) in [7, 11) is 0. The van der Waals surface area contributed by atoms with E-state index in [1.54, 1.807) is 6.92 Å². The Morgan fingerprint density at radius 3 is 1.96 bits per heavy atom. The molecule has 0 spiro atoms. The number of ketones is 2. The summed E-state index contributed by atoms with van der Waals surface area (Å²) in [5, 5.41) is 0.662. The molecule has 0 amide bonds. The number of halogens is 1. The van der Waals surface area contributed by atoms with Crippen molar-refractivity contribution >= 4 is 23.2 Å². The quantitative estimate of drug-likeness (QED) is 0.813. The van der Waals surface area contributed by atoms with Gasteiger partial charge in [-0.1, -0.05) is 54.1 Å². The average Bonchev–Trinajstić information content (AvgIpc) is 2.55. The molecule has 2 aromatic rings. The van der Waals surface area contributed by atoms with E-state index in [1.807, 2.05) is 54.6 Å². The minimum Gasteiger partial charge on any atom is -0.300 e. The molecule has 0 bridgehead atoms. The van der Waals surface area contributed by atoms with E-state index in [9.17, 15) is 9.59 Å². The van der Waals surface area contributed by atoms with Crippen molar-refractivity contribution in [2.24, 2.45) is 5.92 Å². The lowest BCUT2D eigenvalue weighted by Gasteiger charge is -2.36. The predicted molar refractivity (Wildman–Crippen MR) is 91.8 cm³/mol. The van der Waals surface area contributed by atoms with Crippen LogP contribution in [0, 0.1) is 5.92 Å². The summed E-state index contributed by atoms with van der Waals surface area (Å²) in [6.45, 7) is 1.64. The molecule has 0 aromatic heterocycles. The first-order valence-electron chi connectivity index (χ1n) is 7.89. The molecule has 1 aliphatic carbocycles. The van der Waals surface area contributed by atoms with Crippen molar-refractivity contribution < 1.29 is 9.59 Å². The molecule has 3 heteroatoms. The van der Waals surface area contributed by atoms with Crippen LogP contribution in [0.2, 0.25) is 5.02 Å². The molecule has 1 aliphatic rings. The normalized spacial score (nSPS) is 24.4. The van der Waals surface area contributed by atoms with Gasteiger partial charge in [-0.25, -0.2) is 0 Å². The van der Waals surface area contributed by atoms with Gasteiger partial charge in [0.25, 0.3) is 0 Å². The van der Waals surface area contributed by atoms with Crippen LogP contribution in [0.1, 0.15) is 42.7 Å². The maximum Gasteiger partial charge on any atom is 0.134 e. The second-order valence-corrected chi connectivity index (χ2v) is 6.70. The highest BCUT2D eigenvalue weighted by Gasteiger charge is 2.41. The van der Waals surface area contributed by atoms with Gasteiger partial charge >= 0.3 is 0 Å². The Kier molecular flexibility index (Phi) is 4.63. The Morgan fingerprint density at radius 2 is 1.43 bits per heavy atom. The van der Waals surface area contributed by atoms with E-state index in [0.717, 1.165) is 11.1 Å². The molecule has 23 heavy (non-hydrogen) atoms. The second-order valence-electron chi connectivity index (χ2n) is 6.26. The fourth-order valence-corrected chi connectivity index (χ4v) is 3.86. The van der Waals surface area contributed by atoms with Crippen molar-refractivity contribution in [3.05, 3.63) is 70.7 Å². The summed E-state index contributed by atoms with van der Waals surface area (Å²) in [5.41, 5.74) is 2.09. The highest BCUT2D eigenvalue weighted by atomic mass is 35.5. The van der Waals surface area contributed by atoms with Gasteiger partial charge in [-0.3, -0.25) is 9.59 Å². The predicted octanol–water partition coefficient (Wildman–Crippen LogP) is 4.78. The molecule has 0 heterocycles. The highest BCUT2D eigenvalue weighted by molar-refractivity contribution is 6.30. The summed E-state index contributed by atoms with van der Waals surface area (Å²) in [6.07, 6.45) is 0.869.